The zero-order valence-electron chi connectivity index (χ0n) is 12.4. The van der Waals surface area contributed by atoms with E-state index in [-0.39, 0.29) is 0 Å². The summed E-state index contributed by atoms with van der Waals surface area (Å²) >= 11 is 9.20. The van der Waals surface area contributed by atoms with E-state index in [9.17, 15) is 0 Å². The van der Waals surface area contributed by atoms with Crippen molar-refractivity contribution in [1.82, 2.24) is 5.32 Å². The third-order valence-electron chi connectivity index (χ3n) is 4.55. The molecule has 1 aliphatic rings. The lowest BCUT2D eigenvalue weighted by atomic mass is 9.72. The van der Waals surface area contributed by atoms with Gasteiger partial charge >= 0.3 is 0 Å². The van der Waals surface area contributed by atoms with Crippen LogP contribution in [-0.2, 0) is 0 Å². The van der Waals surface area contributed by atoms with Crippen LogP contribution in [0.25, 0.3) is 0 Å². The van der Waals surface area contributed by atoms with Crippen LogP contribution in [0.3, 0.4) is 0 Å². The molecular weight excluding hydrogens is 398 g/mol. The fraction of sp³-hybridized carbons (Fsp3) is 0.750. The van der Waals surface area contributed by atoms with E-state index in [1.54, 1.807) is 11.3 Å². The van der Waals surface area contributed by atoms with Crippen LogP contribution in [0.15, 0.2) is 13.6 Å². The SMILES string of the molecule is CCCNC(c1cc(Br)sc1Br)C1CCCCC1CC. The Kier molecular flexibility index (Phi) is 7.05. The fourth-order valence-electron chi connectivity index (χ4n) is 3.54. The molecule has 114 valence electrons. The van der Waals surface area contributed by atoms with Crippen LogP contribution in [0.4, 0.5) is 0 Å². The third-order valence-corrected chi connectivity index (χ3v) is 6.94. The minimum absolute atomic E-state index is 0.511. The molecule has 4 heteroatoms. The van der Waals surface area contributed by atoms with Crippen molar-refractivity contribution in [3.63, 3.8) is 0 Å². The zero-order chi connectivity index (χ0) is 14.5. The average Bonchev–Trinajstić information content (AvgIpc) is 2.79. The van der Waals surface area contributed by atoms with E-state index >= 15 is 0 Å². The normalized spacial score (nSPS) is 24.8. The van der Waals surface area contributed by atoms with Gasteiger partial charge in [-0.2, -0.15) is 0 Å². The van der Waals surface area contributed by atoms with Gasteiger partial charge in [-0.1, -0.05) is 39.5 Å². The molecule has 3 atom stereocenters. The largest absolute Gasteiger partial charge is 0.310 e. The second-order valence-electron chi connectivity index (χ2n) is 5.83. The Bertz CT molecular complexity index is 419. The molecule has 0 bridgehead atoms. The molecule has 1 saturated carbocycles. The summed E-state index contributed by atoms with van der Waals surface area (Å²) in [5.74, 6) is 1.67. The van der Waals surface area contributed by atoms with Crippen molar-refractivity contribution in [2.45, 2.75) is 58.4 Å². The Morgan fingerprint density at radius 1 is 1.30 bits per heavy atom. The predicted octanol–water partition coefficient (Wildman–Crippen LogP) is 6.53. The summed E-state index contributed by atoms with van der Waals surface area (Å²) in [6, 6.07) is 2.82. The number of hydrogen-bond acceptors (Lipinski definition) is 2. The molecule has 0 spiro atoms. The van der Waals surface area contributed by atoms with Crippen molar-refractivity contribution < 1.29 is 0 Å². The molecule has 1 aromatic heterocycles. The number of hydrogen-bond donors (Lipinski definition) is 1. The van der Waals surface area contributed by atoms with Crippen LogP contribution in [0, 0.1) is 11.8 Å². The van der Waals surface area contributed by atoms with Crippen LogP contribution in [0.1, 0.15) is 64.0 Å². The highest BCUT2D eigenvalue weighted by Gasteiger charge is 2.32. The molecule has 0 aliphatic heterocycles. The lowest BCUT2D eigenvalue weighted by Crippen LogP contribution is -2.34. The van der Waals surface area contributed by atoms with E-state index in [1.165, 1.54) is 51.7 Å². The molecular formula is C16H25Br2NS. The van der Waals surface area contributed by atoms with Crippen LogP contribution in [-0.4, -0.2) is 6.54 Å². The molecule has 0 amide bonds. The minimum atomic E-state index is 0.511. The Balaban J connectivity index is 2.23. The van der Waals surface area contributed by atoms with Crippen molar-refractivity contribution in [2.24, 2.45) is 11.8 Å². The van der Waals surface area contributed by atoms with Crippen LogP contribution < -0.4 is 5.32 Å². The first-order valence-electron chi connectivity index (χ1n) is 7.85. The maximum Gasteiger partial charge on any atom is 0.0758 e. The lowest BCUT2D eigenvalue weighted by molar-refractivity contribution is 0.175. The van der Waals surface area contributed by atoms with Gasteiger partial charge in [-0.25, -0.2) is 0 Å². The van der Waals surface area contributed by atoms with E-state index in [2.05, 4.69) is 57.1 Å². The van der Waals surface area contributed by atoms with Crippen LogP contribution in [0.5, 0.6) is 0 Å². The van der Waals surface area contributed by atoms with E-state index in [4.69, 9.17) is 0 Å². The van der Waals surface area contributed by atoms with Crippen LogP contribution in [0.2, 0.25) is 0 Å². The van der Waals surface area contributed by atoms with Gasteiger partial charge in [-0.3, -0.25) is 0 Å². The molecule has 2 rings (SSSR count). The van der Waals surface area contributed by atoms with Gasteiger partial charge < -0.3 is 5.32 Å². The van der Waals surface area contributed by atoms with Crippen LogP contribution >= 0.6 is 43.2 Å². The molecule has 1 heterocycles. The van der Waals surface area contributed by atoms with Crippen molar-refractivity contribution in [3.05, 3.63) is 19.2 Å². The van der Waals surface area contributed by atoms with Gasteiger partial charge in [0.1, 0.15) is 0 Å². The minimum Gasteiger partial charge on any atom is -0.310 e. The summed E-state index contributed by atoms with van der Waals surface area (Å²) in [7, 11) is 0. The second-order valence-corrected chi connectivity index (χ2v) is 9.58. The number of halogens is 2. The first-order chi connectivity index (χ1) is 9.67. The first-order valence-corrected chi connectivity index (χ1v) is 10.3. The van der Waals surface area contributed by atoms with E-state index < -0.39 is 0 Å². The molecule has 0 saturated heterocycles. The highest BCUT2D eigenvalue weighted by molar-refractivity contribution is 9.12. The number of nitrogens with one attached hydrogen (secondary N) is 1. The Hall–Kier alpha value is 0.620. The summed E-state index contributed by atoms with van der Waals surface area (Å²) in [5, 5.41) is 3.83. The summed E-state index contributed by atoms with van der Waals surface area (Å²) in [6.07, 6.45) is 8.12. The zero-order valence-corrected chi connectivity index (χ0v) is 16.4. The van der Waals surface area contributed by atoms with Crippen molar-refractivity contribution in [3.8, 4) is 0 Å². The van der Waals surface area contributed by atoms with Gasteiger partial charge in [-0.05, 0) is 74.7 Å². The molecule has 0 radical (unpaired) electrons. The van der Waals surface area contributed by atoms with Gasteiger partial charge in [0.25, 0.3) is 0 Å². The quantitative estimate of drug-likeness (QED) is 0.549. The summed E-state index contributed by atoms with van der Waals surface area (Å²) in [5.41, 5.74) is 1.46. The smallest absolute Gasteiger partial charge is 0.0758 e. The summed E-state index contributed by atoms with van der Waals surface area (Å²) < 4.78 is 2.52. The average molecular weight is 423 g/mol. The highest BCUT2D eigenvalue weighted by Crippen LogP contribution is 2.44. The Morgan fingerprint density at radius 3 is 2.65 bits per heavy atom. The summed E-state index contributed by atoms with van der Waals surface area (Å²) in [4.78, 5) is 0. The monoisotopic (exact) mass is 421 g/mol. The van der Waals surface area contributed by atoms with E-state index in [1.807, 2.05) is 0 Å². The Morgan fingerprint density at radius 2 is 2.05 bits per heavy atom. The predicted molar refractivity (Wildman–Crippen MR) is 96.5 cm³/mol. The van der Waals surface area contributed by atoms with Gasteiger partial charge in [0.2, 0.25) is 0 Å². The van der Waals surface area contributed by atoms with Gasteiger partial charge in [-0.15, -0.1) is 11.3 Å². The van der Waals surface area contributed by atoms with Crippen molar-refractivity contribution in [2.75, 3.05) is 6.54 Å². The highest BCUT2D eigenvalue weighted by atomic mass is 79.9. The number of thiophene rings is 1. The molecule has 1 aromatic rings. The molecule has 1 aliphatic carbocycles. The van der Waals surface area contributed by atoms with Gasteiger partial charge in [0.05, 0.1) is 7.57 Å². The Labute approximate surface area is 144 Å². The molecule has 1 N–H and O–H groups in total. The first kappa shape index (κ1) is 17.0. The van der Waals surface area contributed by atoms with Gasteiger partial charge in [0.15, 0.2) is 0 Å². The standard InChI is InChI=1S/C16H25Br2NS/c1-3-9-19-15(13-10-14(17)20-16(13)18)12-8-6-5-7-11(12)4-2/h10-12,15,19H,3-9H2,1-2H3. The van der Waals surface area contributed by atoms with Gasteiger partial charge in [0, 0.05) is 6.04 Å². The second kappa shape index (κ2) is 8.30. The third kappa shape index (κ3) is 4.08. The van der Waals surface area contributed by atoms with Crippen molar-refractivity contribution in [1.29, 1.82) is 0 Å². The maximum atomic E-state index is 3.83. The number of rotatable bonds is 6. The molecule has 1 nitrogen and oxygen atoms in total. The summed E-state index contributed by atoms with van der Waals surface area (Å²) in [6.45, 7) is 5.72. The van der Waals surface area contributed by atoms with E-state index in [0.29, 0.717) is 6.04 Å². The van der Waals surface area contributed by atoms with Crippen molar-refractivity contribution >= 4 is 43.2 Å². The fourth-order valence-corrected chi connectivity index (χ4v) is 6.47. The molecule has 20 heavy (non-hydrogen) atoms. The van der Waals surface area contributed by atoms with E-state index in [0.717, 1.165) is 18.4 Å². The molecule has 1 fully saturated rings. The maximum absolute atomic E-state index is 3.83. The topological polar surface area (TPSA) is 12.0 Å². The molecule has 0 aromatic carbocycles. The lowest BCUT2D eigenvalue weighted by Gasteiger charge is -2.37. The molecule has 3 unspecified atom stereocenters.